The number of hydrogen-bond acceptors (Lipinski definition) is 5. The van der Waals surface area contributed by atoms with Crippen LogP contribution in [0.2, 0.25) is 0 Å². The van der Waals surface area contributed by atoms with E-state index >= 15 is 0 Å². The Kier molecular flexibility index (Phi) is 21.3. The van der Waals surface area contributed by atoms with Crippen molar-refractivity contribution in [3.63, 3.8) is 0 Å². The number of ether oxygens (including phenoxy) is 4. The fraction of sp³-hybridized carbons (Fsp3) is 0.800. The van der Waals surface area contributed by atoms with Crippen molar-refractivity contribution in [1.82, 2.24) is 0 Å². The van der Waals surface area contributed by atoms with Gasteiger partial charge in [0.25, 0.3) is 5.95 Å². The minimum atomic E-state index is -0.525. The third kappa shape index (κ3) is 20.0. The predicted octanol–water partition coefficient (Wildman–Crippen LogP) is 10.9. The van der Waals surface area contributed by atoms with Crippen LogP contribution in [0.4, 0.5) is 4.79 Å². The smallest absolute Gasteiger partial charge is 0.462 e. The molecule has 0 spiro atoms. The Labute approximate surface area is 246 Å². The standard InChI is InChI=1S/C35H60O5/c1-32-37-30-33(39-32)28-26-24-22-20-18-16-14-12-10-8-6-4-2-3-5-7-9-11-13-15-17-19-21-23-25-27-29-34-31-38-35(36)40-34/h24-27,33-34H,1-23,28-31H2/b26-24+,27-25+. The van der Waals surface area contributed by atoms with Crippen LogP contribution in [0.3, 0.4) is 0 Å². The minimum absolute atomic E-state index is 0.0783. The second-order valence-corrected chi connectivity index (χ2v) is 11.8. The summed E-state index contributed by atoms with van der Waals surface area (Å²) < 4.78 is 20.5. The molecule has 0 amide bonds. The van der Waals surface area contributed by atoms with Crippen LogP contribution in [0.1, 0.15) is 154 Å². The van der Waals surface area contributed by atoms with Gasteiger partial charge in [-0.25, -0.2) is 4.79 Å². The summed E-state index contributed by atoms with van der Waals surface area (Å²) >= 11 is 0. The third-order valence-corrected chi connectivity index (χ3v) is 8.00. The fourth-order valence-electron chi connectivity index (χ4n) is 5.48. The van der Waals surface area contributed by atoms with Crippen LogP contribution in [-0.2, 0) is 18.9 Å². The molecule has 2 atom stereocenters. The molecule has 5 heteroatoms. The number of unbranched alkanes of at least 4 members (excludes halogenated alkanes) is 21. The molecule has 2 fully saturated rings. The quantitative estimate of drug-likeness (QED) is 0.0568. The van der Waals surface area contributed by atoms with Crippen molar-refractivity contribution in [1.29, 1.82) is 0 Å². The highest BCUT2D eigenvalue weighted by Crippen LogP contribution is 2.17. The Morgan fingerprint density at radius 2 is 0.850 bits per heavy atom. The molecular weight excluding hydrogens is 500 g/mol. The highest BCUT2D eigenvalue weighted by atomic mass is 16.8. The first-order valence-electron chi connectivity index (χ1n) is 16.9. The lowest BCUT2D eigenvalue weighted by Gasteiger charge is -2.04. The lowest BCUT2D eigenvalue weighted by atomic mass is 10.0. The first-order chi connectivity index (χ1) is 19.7. The second-order valence-electron chi connectivity index (χ2n) is 11.8. The van der Waals surface area contributed by atoms with E-state index in [0.717, 1.165) is 19.3 Å². The number of allylic oxidation sites excluding steroid dienone is 2. The Morgan fingerprint density at radius 1 is 0.500 bits per heavy atom. The molecule has 2 rings (SSSR count). The summed E-state index contributed by atoms with van der Waals surface area (Å²) in [6, 6.07) is 0. The molecule has 0 aliphatic carbocycles. The molecular formula is C35H60O5. The zero-order valence-electron chi connectivity index (χ0n) is 25.6. The van der Waals surface area contributed by atoms with Crippen LogP contribution in [0, 0.1) is 0 Å². The normalized spacial score (nSPS) is 18.9. The summed E-state index contributed by atoms with van der Waals surface area (Å²) in [6.07, 6.45) is 40.5. The number of carbonyl (C=O) groups is 1. The lowest BCUT2D eigenvalue weighted by molar-refractivity contribution is 0.118. The van der Waals surface area contributed by atoms with Gasteiger partial charge >= 0.3 is 6.16 Å². The Morgan fingerprint density at radius 3 is 1.18 bits per heavy atom. The van der Waals surface area contributed by atoms with Crippen molar-refractivity contribution >= 4 is 6.16 Å². The molecule has 2 saturated heterocycles. The lowest BCUT2D eigenvalue weighted by Crippen LogP contribution is -2.07. The van der Waals surface area contributed by atoms with Crippen LogP contribution in [0.5, 0.6) is 0 Å². The number of hydrogen-bond donors (Lipinski definition) is 0. The molecule has 2 unspecified atom stereocenters. The number of rotatable bonds is 27. The maximum absolute atomic E-state index is 10.9. The van der Waals surface area contributed by atoms with Crippen molar-refractivity contribution < 1.29 is 23.7 Å². The minimum Gasteiger partial charge on any atom is -0.462 e. The molecule has 2 aliphatic rings. The van der Waals surface area contributed by atoms with E-state index in [2.05, 4.69) is 30.9 Å². The Hall–Kier alpha value is -1.91. The molecule has 40 heavy (non-hydrogen) atoms. The molecule has 5 nitrogen and oxygen atoms in total. The molecule has 2 heterocycles. The zero-order chi connectivity index (χ0) is 28.4. The van der Waals surface area contributed by atoms with Gasteiger partial charge in [-0.2, -0.15) is 0 Å². The van der Waals surface area contributed by atoms with Gasteiger partial charge in [0.1, 0.15) is 25.4 Å². The van der Waals surface area contributed by atoms with Crippen LogP contribution < -0.4 is 0 Å². The number of cyclic esters (lactones) is 2. The maximum atomic E-state index is 10.9. The average molecular weight is 561 g/mol. The molecule has 0 aromatic heterocycles. The summed E-state index contributed by atoms with van der Waals surface area (Å²) in [5.41, 5.74) is 0. The Bertz CT molecular complexity index is 627. The molecule has 0 bridgehead atoms. The predicted molar refractivity (Wildman–Crippen MR) is 165 cm³/mol. The van der Waals surface area contributed by atoms with Gasteiger partial charge in [-0.3, -0.25) is 0 Å². The summed E-state index contributed by atoms with van der Waals surface area (Å²) in [5.74, 6) is 0.472. The van der Waals surface area contributed by atoms with E-state index in [1.807, 2.05) is 0 Å². The summed E-state index contributed by atoms with van der Waals surface area (Å²) in [4.78, 5) is 10.9. The van der Waals surface area contributed by atoms with Gasteiger partial charge < -0.3 is 18.9 Å². The van der Waals surface area contributed by atoms with E-state index in [1.165, 1.54) is 135 Å². The third-order valence-electron chi connectivity index (χ3n) is 8.00. The average Bonchev–Trinajstić information content (AvgIpc) is 3.57. The highest BCUT2D eigenvalue weighted by molar-refractivity contribution is 5.61. The van der Waals surface area contributed by atoms with Crippen LogP contribution in [0.15, 0.2) is 36.8 Å². The van der Waals surface area contributed by atoms with Gasteiger partial charge in [0.2, 0.25) is 0 Å². The molecule has 0 radical (unpaired) electrons. The summed E-state index contributed by atoms with van der Waals surface area (Å²) in [5, 5.41) is 0. The van der Waals surface area contributed by atoms with Gasteiger partial charge in [0.15, 0.2) is 0 Å². The molecule has 2 aliphatic heterocycles. The van der Waals surface area contributed by atoms with Crippen molar-refractivity contribution in [2.45, 2.75) is 166 Å². The van der Waals surface area contributed by atoms with E-state index in [-0.39, 0.29) is 12.2 Å². The monoisotopic (exact) mass is 560 g/mol. The van der Waals surface area contributed by atoms with Gasteiger partial charge in [0.05, 0.1) is 0 Å². The van der Waals surface area contributed by atoms with Crippen LogP contribution in [0.25, 0.3) is 0 Å². The second kappa shape index (κ2) is 24.9. The molecule has 0 saturated carbocycles. The van der Waals surface area contributed by atoms with Crippen molar-refractivity contribution in [3.05, 3.63) is 36.8 Å². The maximum Gasteiger partial charge on any atom is 0.508 e. The SMILES string of the molecule is C=C1OCC(C/C=C/CCCCCCCCCCCCCCCCCCCCCC/C=C/CC2COC(=O)O2)O1. The first kappa shape index (κ1) is 34.3. The molecule has 0 N–H and O–H groups in total. The highest BCUT2D eigenvalue weighted by Gasteiger charge is 2.23. The largest absolute Gasteiger partial charge is 0.508 e. The van der Waals surface area contributed by atoms with Gasteiger partial charge in [0, 0.05) is 12.8 Å². The zero-order valence-corrected chi connectivity index (χ0v) is 25.6. The van der Waals surface area contributed by atoms with E-state index in [0.29, 0.717) is 19.2 Å². The van der Waals surface area contributed by atoms with Crippen LogP contribution in [-0.4, -0.2) is 31.6 Å². The molecule has 0 aromatic rings. The fourth-order valence-corrected chi connectivity index (χ4v) is 5.48. The summed E-state index contributed by atoms with van der Waals surface area (Å²) in [6.45, 7) is 4.73. The molecule has 0 aromatic carbocycles. The van der Waals surface area contributed by atoms with Crippen molar-refractivity contribution in [2.75, 3.05) is 13.2 Å². The first-order valence-corrected chi connectivity index (χ1v) is 16.9. The van der Waals surface area contributed by atoms with Gasteiger partial charge in [-0.1, -0.05) is 140 Å². The van der Waals surface area contributed by atoms with E-state index in [9.17, 15) is 4.79 Å². The summed E-state index contributed by atoms with van der Waals surface area (Å²) in [7, 11) is 0. The van der Waals surface area contributed by atoms with E-state index in [1.54, 1.807) is 0 Å². The Balaban J connectivity index is 1.17. The van der Waals surface area contributed by atoms with E-state index in [4.69, 9.17) is 18.9 Å². The van der Waals surface area contributed by atoms with Gasteiger partial charge in [-0.15, -0.1) is 0 Å². The van der Waals surface area contributed by atoms with Crippen molar-refractivity contribution in [2.24, 2.45) is 0 Å². The van der Waals surface area contributed by atoms with Crippen LogP contribution >= 0.6 is 0 Å². The number of carbonyl (C=O) groups excluding carboxylic acids is 1. The van der Waals surface area contributed by atoms with E-state index < -0.39 is 6.16 Å². The van der Waals surface area contributed by atoms with Gasteiger partial charge in [-0.05, 0) is 32.3 Å². The van der Waals surface area contributed by atoms with Crippen molar-refractivity contribution in [3.8, 4) is 0 Å². The molecule has 230 valence electrons. The topological polar surface area (TPSA) is 54.0 Å².